The van der Waals surface area contributed by atoms with Crippen molar-refractivity contribution in [1.82, 2.24) is 5.06 Å². The molecule has 0 aliphatic carbocycles. The highest BCUT2D eigenvalue weighted by molar-refractivity contribution is 5.75. The quantitative estimate of drug-likeness (QED) is 0.546. The van der Waals surface area contributed by atoms with Gasteiger partial charge in [-0.05, 0) is 13.3 Å². The Kier molecular flexibility index (Phi) is 6.07. The van der Waals surface area contributed by atoms with Crippen molar-refractivity contribution in [3.8, 4) is 0 Å². The second-order valence-electron chi connectivity index (χ2n) is 2.64. The summed E-state index contributed by atoms with van der Waals surface area (Å²) in [5.74, 6) is 0.176. The van der Waals surface area contributed by atoms with Crippen LogP contribution in [0, 0.1) is 0 Å². The van der Waals surface area contributed by atoms with E-state index in [1.807, 2.05) is 7.05 Å². The zero-order valence-corrected chi connectivity index (χ0v) is 7.59. The molecule has 0 spiro atoms. The first kappa shape index (κ1) is 10.6. The molecule has 0 bridgehead atoms. The molecule has 0 atom stereocenters. The Labute approximate surface area is 68.3 Å². The van der Waals surface area contributed by atoms with Crippen LogP contribution in [0.25, 0.3) is 0 Å². The molecule has 0 N–H and O–H groups in total. The Morgan fingerprint density at radius 2 is 2.18 bits per heavy atom. The minimum atomic E-state index is 0.176. The van der Waals surface area contributed by atoms with E-state index in [1.54, 1.807) is 12.0 Å². The van der Waals surface area contributed by atoms with Crippen molar-refractivity contribution >= 4 is 5.78 Å². The number of hydroxylamine groups is 2. The molecule has 0 fully saturated rings. The van der Waals surface area contributed by atoms with Gasteiger partial charge in [-0.3, -0.25) is 9.63 Å². The predicted molar refractivity (Wildman–Crippen MR) is 44.2 cm³/mol. The molecule has 0 amide bonds. The standard InChI is InChI=1S/C8H17NO2/c1-4-6-9(3)11-7-5-8(2)10/h4-7H2,1-3H3. The third kappa shape index (κ3) is 7.49. The summed E-state index contributed by atoms with van der Waals surface area (Å²) in [6, 6.07) is 0. The van der Waals surface area contributed by atoms with Crippen LogP contribution < -0.4 is 0 Å². The first-order chi connectivity index (χ1) is 5.16. The molecule has 0 aliphatic heterocycles. The van der Waals surface area contributed by atoms with Gasteiger partial charge in [0.15, 0.2) is 0 Å². The summed E-state index contributed by atoms with van der Waals surface area (Å²) in [5, 5.41) is 1.77. The van der Waals surface area contributed by atoms with Gasteiger partial charge < -0.3 is 0 Å². The number of nitrogens with zero attached hydrogens (tertiary/aromatic N) is 1. The Bertz CT molecular complexity index is 115. The van der Waals surface area contributed by atoms with E-state index in [0.29, 0.717) is 13.0 Å². The molecule has 0 aromatic heterocycles. The maximum absolute atomic E-state index is 10.5. The summed E-state index contributed by atoms with van der Waals surface area (Å²) in [6.07, 6.45) is 1.57. The van der Waals surface area contributed by atoms with E-state index in [2.05, 4.69) is 6.92 Å². The molecule has 0 aliphatic rings. The lowest BCUT2D eigenvalue weighted by atomic mass is 10.3. The van der Waals surface area contributed by atoms with Crippen molar-refractivity contribution in [2.45, 2.75) is 26.7 Å². The third-order valence-electron chi connectivity index (χ3n) is 1.30. The van der Waals surface area contributed by atoms with Gasteiger partial charge in [-0.15, -0.1) is 0 Å². The SMILES string of the molecule is CCCN(C)OCCC(C)=O. The van der Waals surface area contributed by atoms with Gasteiger partial charge in [-0.1, -0.05) is 6.92 Å². The Hall–Kier alpha value is -0.410. The van der Waals surface area contributed by atoms with E-state index in [9.17, 15) is 4.79 Å². The third-order valence-corrected chi connectivity index (χ3v) is 1.30. The normalized spacial score (nSPS) is 10.5. The molecule has 0 saturated heterocycles. The smallest absolute Gasteiger partial charge is 0.132 e. The topological polar surface area (TPSA) is 29.5 Å². The minimum Gasteiger partial charge on any atom is -0.300 e. The lowest BCUT2D eigenvalue weighted by Crippen LogP contribution is -2.20. The van der Waals surface area contributed by atoms with Gasteiger partial charge >= 0.3 is 0 Å². The van der Waals surface area contributed by atoms with Crippen molar-refractivity contribution in [3.63, 3.8) is 0 Å². The fourth-order valence-corrected chi connectivity index (χ4v) is 0.725. The highest BCUT2D eigenvalue weighted by atomic mass is 16.7. The summed E-state index contributed by atoms with van der Waals surface area (Å²) in [6.45, 7) is 5.08. The number of ketones is 1. The van der Waals surface area contributed by atoms with Crippen LogP contribution in [0.4, 0.5) is 0 Å². The fraction of sp³-hybridized carbons (Fsp3) is 0.875. The molecule has 11 heavy (non-hydrogen) atoms. The first-order valence-corrected chi connectivity index (χ1v) is 4.00. The van der Waals surface area contributed by atoms with Crippen LogP contribution >= 0.6 is 0 Å². The Morgan fingerprint density at radius 1 is 1.55 bits per heavy atom. The van der Waals surface area contributed by atoms with Crippen molar-refractivity contribution in [3.05, 3.63) is 0 Å². The summed E-state index contributed by atoms with van der Waals surface area (Å²) in [5.41, 5.74) is 0. The van der Waals surface area contributed by atoms with Gasteiger partial charge in [0.2, 0.25) is 0 Å². The Balaban J connectivity index is 3.16. The van der Waals surface area contributed by atoms with Crippen LogP contribution in [0.1, 0.15) is 26.7 Å². The van der Waals surface area contributed by atoms with E-state index < -0.39 is 0 Å². The highest BCUT2D eigenvalue weighted by Crippen LogP contribution is 1.90. The second-order valence-corrected chi connectivity index (χ2v) is 2.64. The van der Waals surface area contributed by atoms with E-state index in [1.165, 1.54) is 0 Å². The van der Waals surface area contributed by atoms with Crippen LogP contribution in [0.15, 0.2) is 0 Å². The van der Waals surface area contributed by atoms with Crippen LogP contribution in [0.2, 0.25) is 0 Å². The average molecular weight is 159 g/mol. The molecule has 0 heterocycles. The molecule has 66 valence electrons. The zero-order valence-electron chi connectivity index (χ0n) is 7.59. The first-order valence-electron chi connectivity index (χ1n) is 4.00. The summed E-state index contributed by atoms with van der Waals surface area (Å²) in [7, 11) is 1.88. The van der Waals surface area contributed by atoms with Crippen LogP contribution in [0.5, 0.6) is 0 Å². The summed E-state index contributed by atoms with van der Waals surface area (Å²) in [4.78, 5) is 15.7. The van der Waals surface area contributed by atoms with Crippen molar-refractivity contribution < 1.29 is 9.63 Å². The monoisotopic (exact) mass is 159 g/mol. The van der Waals surface area contributed by atoms with Gasteiger partial charge in [0.1, 0.15) is 5.78 Å². The van der Waals surface area contributed by atoms with Gasteiger partial charge in [-0.25, -0.2) is 0 Å². The molecule has 0 aromatic carbocycles. The lowest BCUT2D eigenvalue weighted by molar-refractivity contribution is -0.145. The van der Waals surface area contributed by atoms with Crippen LogP contribution in [-0.4, -0.2) is 31.0 Å². The zero-order chi connectivity index (χ0) is 8.69. The average Bonchev–Trinajstić information content (AvgIpc) is 1.87. The van der Waals surface area contributed by atoms with Gasteiger partial charge in [-0.2, -0.15) is 5.06 Å². The number of hydrogen-bond acceptors (Lipinski definition) is 3. The number of carbonyl (C=O) groups excluding carboxylic acids is 1. The van der Waals surface area contributed by atoms with Crippen molar-refractivity contribution in [1.29, 1.82) is 0 Å². The van der Waals surface area contributed by atoms with Crippen LogP contribution in [0.3, 0.4) is 0 Å². The van der Waals surface area contributed by atoms with Gasteiger partial charge in [0.25, 0.3) is 0 Å². The maximum atomic E-state index is 10.5. The molecule has 0 saturated carbocycles. The molecule has 0 unspecified atom stereocenters. The Morgan fingerprint density at radius 3 is 2.64 bits per heavy atom. The lowest BCUT2D eigenvalue weighted by Gasteiger charge is -2.14. The second kappa shape index (κ2) is 6.31. The number of carbonyl (C=O) groups is 1. The molecule has 0 radical (unpaired) electrons. The van der Waals surface area contributed by atoms with Gasteiger partial charge in [0.05, 0.1) is 6.61 Å². The van der Waals surface area contributed by atoms with E-state index in [-0.39, 0.29) is 5.78 Å². The number of hydrogen-bond donors (Lipinski definition) is 0. The van der Waals surface area contributed by atoms with Crippen LogP contribution in [-0.2, 0) is 9.63 Å². The molecule has 3 heteroatoms. The fourth-order valence-electron chi connectivity index (χ4n) is 0.725. The molecule has 0 aromatic rings. The van der Waals surface area contributed by atoms with E-state index in [4.69, 9.17) is 4.84 Å². The molecule has 3 nitrogen and oxygen atoms in total. The number of Topliss-reactive ketones (excluding diaryl/α,β-unsaturated/α-hetero) is 1. The molecular formula is C8H17NO2. The van der Waals surface area contributed by atoms with Crippen molar-refractivity contribution in [2.24, 2.45) is 0 Å². The summed E-state index contributed by atoms with van der Waals surface area (Å²) < 4.78 is 0. The maximum Gasteiger partial charge on any atom is 0.132 e. The minimum absolute atomic E-state index is 0.176. The number of rotatable bonds is 6. The van der Waals surface area contributed by atoms with Crippen molar-refractivity contribution in [2.75, 3.05) is 20.2 Å². The van der Waals surface area contributed by atoms with Gasteiger partial charge in [0, 0.05) is 20.0 Å². The largest absolute Gasteiger partial charge is 0.300 e. The van der Waals surface area contributed by atoms with E-state index in [0.717, 1.165) is 13.0 Å². The molecular weight excluding hydrogens is 142 g/mol. The predicted octanol–water partition coefficient (Wildman–Crippen LogP) is 1.24. The molecule has 0 rings (SSSR count). The van der Waals surface area contributed by atoms with E-state index >= 15 is 0 Å². The summed E-state index contributed by atoms with van der Waals surface area (Å²) >= 11 is 0. The highest BCUT2D eigenvalue weighted by Gasteiger charge is 1.97.